The van der Waals surface area contributed by atoms with E-state index in [4.69, 9.17) is 19.3 Å². The fourth-order valence-electron chi connectivity index (χ4n) is 2.58. The second kappa shape index (κ2) is 16.2. The molecule has 8 heteroatoms. The van der Waals surface area contributed by atoms with Crippen molar-refractivity contribution in [3.63, 3.8) is 0 Å². The number of carbonyl (C=O) groups is 2. The minimum atomic E-state index is -0.958. The van der Waals surface area contributed by atoms with Crippen LogP contribution in [0.4, 0.5) is 0 Å². The Labute approximate surface area is 239 Å². The molecule has 7 nitrogen and oxygen atoms in total. The third-order valence-electron chi connectivity index (χ3n) is 3.79. The van der Waals surface area contributed by atoms with Crippen molar-refractivity contribution < 1.29 is 85.8 Å². The Morgan fingerprint density at radius 1 is 0.727 bits per heavy atom. The second-order valence-corrected chi connectivity index (χ2v) is 8.09. The van der Waals surface area contributed by atoms with Crippen LogP contribution in [0.25, 0.3) is 0 Å². The van der Waals surface area contributed by atoms with E-state index in [9.17, 15) is 9.59 Å². The molecule has 0 amide bonds. The Kier molecular flexibility index (Phi) is 16.6. The van der Waals surface area contributed by atoms with Crippen LogP contribution in [0.2, 0.25) is 0 Å². The molecule has 0 saturated carbocycles. The first-order valence-corrected chi connectivity index (χ1v) is 10.4. The molecule has 0 heterocycles. The normalized spacial score (nSPS) is 9.91. The third kappa shape index (κ3) is 12.6. The van der Waals surface area contributed by atoms with Crippen LogP contribution in [-0.4, -0.2) is 40.8 Å². The summed E-state index contributed by atoms with van der Waals surface area (Å²) in [7, 11) is 0. The van der Waals surface area contributed by atoms with Crippen molar-refractivity contribution in [1.29, 1.82) is 0 Å². The maximum atomic E-state index is 11.9. The number of carboxylic acids is 1. The maximum absolute atomic E-state index is 11.9. The summed E-state index contributed by atoms with van der Waals surface area (Å²) >= 11 is 0. The van der Waals surface area contributed by atoms with Gasteiger partial charge in [0, 0.05) is 0 Å². The molecule has 0 spiro atoms. The zero-order valence-electron chi connectivity index (χ0n) is 21.1. The van der Waals surface area contributed by atoms with Crippen LogP contribution in [0.15, 0.2) is 36.4 Å². The Bertz CT molecular complexity index is 892. The zero-order valence-corrected chi connectivity index (χ0v) is 24.3. The molecule has 2 aromatic carbocycles. The van der Waals surface area contributed by atoms with Crippen molar-refractivity contribution >= 4 is 11.9 Å². The number of aromatic carboxylic acids is 1. The van der Waals surface area contributed by atoms with Gasteiger partial charge in [0.2, 0.25) is 0 Å². The van der Waals surface area contributed by atoms with Crippen molar-refractivity contribution in [1.82, 2.24) is 0 Å². The maximum Gasteiger partial charge on any atom is 1.00 e. The molecule has 0 radical (unpaired) electrons. The molecule has 2 N–H and O–H groups in total. The van der Waals surface area contributed by atoms with Gasteiger partial charge >= 0.3 is 63.3 Å². The SMILES string of the molecule is Cc1ccc(C(=O)O)c(OC(C)C)c1.Cc1ccc(C(=O)OC(C)C)c(OC(C)C)c1.[K+].[OH-]. The van der Waals surface area contributed by atoms with E-state index in [0.29, 0.717) is 17.1 Å². The number of ether oxygens (including phenoxy) is 3. The fraction of sp³-hybridized carbons (Fsp3) is 0.440. The molecule has 178 valence electrons. The van der Waals surface area contributed by atoms with E-state index in [1.807, 2.05) is 67.5 Å². The summed E-state index contributed by atoms with van der Waals surface area (Å²) in [6, 6.07) is 10.5. The minimum absolute atomic E-state index is 0. The van der Waals surface area contributed by atoms with Gasteiger partial charge < -0.3 is 24.8 Å². The Balaban J connectivity index is 0. The largest absolute Gasteiger partial charge is 1.00 e. The Hall–Kier alpha value is -1.42. The summed E-state index contributed by atoms with van der Waals surface area (Å²) in [4.78, 5) is 22.7. The Morgan fingerprint density at radius 3 is 1.48 bits per heavy atom. The van der Waals surface area contributed by atoms with E-state index in [1.165, 1.54) is 0 Å². The van der Waals surface area contributed by atoms with Crippen LogP contribution >= 0.6 is 0 Å². The van der Waals surface area contributed by atoms with Crippen LogP contribution in [-0.2, 0) is 4.74 Å². The molecule has 2 aromatic rings. The predicted molar refractivity (Wildman–Crippen MR) is 123 cm³/mol. The first-order valence-electron chi connectivity index (χ1n) is 10.4. The van der Waals surface area contributed by atoms with Crippen molar-refractivity contribution in [2.24, 2.45) is 0 Å². The van der Waals surface area contributed by atoms with E-state index < -0.39 is 5.97 Å². The topological polar surface area (TPSA) is 112 Å². The number of hydrogen-bond donors (Lipinski definition) is 1. The van der Waals surface area contributed by atoms with Crippen LogP contribution in [0.5, 0.6) is 11.5 Å². The molecule has 0 aliphatic rings. The second-order valence-electron chi connectivity index (χ2n) is 8.09. The van der Waals surface area contributed by atoms with E-state index in [2.05, 4.69) is 0 Å². The number of aryl methyl sites for hydroxylation is 2. The summed E-state index contributed by atoms with van der Waals surface area (Å²) in [6.45, 7) is 15.1. The van der Waals surface area contributed by atoms with E-state index in [-0.39, 0.29) is 86.7 Å². The number of carbonyl (C=O) groups excluding carboxylic acids is 1. The van der Waals surface area contributed by atoms with E-state index >= 15 is 0 Å². The van der Waals surface area contributed by atoms with Gasteiger partial charge in [0.15, 0.2) is 0 Å². The zero-order chi connectivity index (χ0) is 23.7. The van der Waals surface area contributed by atoms with E-state index in [1.54, 1.807) is 24.3 Å². The predicted octanol–water partition coefficient (Wildman–Crippen LogP) is 2.66. The summed E-state index contributed by atoms with van der Waals surface area (Å²) in [5, 5.41) is 8.89. The number of rotatable bonds is 7. The summed E-state index contributed by atoms with van der Waals surface area (Å²) < 4.78 is 16.2. The van der Waals surface area contributed by atoms with Gasteiger partial charge in [-0.2, -0.15) is 0 Å². The molecule has 33 heavy (non-hydrogen) atoms. The van der Waals surface area contributed by atoms with Gasteiger partial charge in [0.05, 0.1) is 18.3 Å². The molecule has 0 aliphatic heterocycles. The first-order chi connectivity index (χ1) is 14.4. The molecular formula is C25H35KO7. The third-order valence-corrected chi connectivity index (χ3v) is 3.79. The van der Waals surface area contributed by atoms with Crippen LogP contribution < -0.4 is 60.9 Å². The first kappa shape index (κ1) is 33.7. The quantitative estimate of drug-likeness (QED) is 0.473. The summed E-state index contributed by atoms with van der Waals surface area (Å²) in [6.07, 6.45) is -0.118. The number of hydrogen-bond acceptors (Lipinski definition) is 6. The monoisotopic (exact) mass is 486 g/mol. The Morgan fingerprint density at radius 2 is 1.12 bits per heavy atom. The number of benzene rings is 2. The molecular weight excluding hydrogens is 451 g/mol. The summed E-state index contributed by atoms with van der Waals surface area (Å²) in [5.74, 6) is -0.269. The van der Waals surface area contributed by atoms with Crippen LogP contribution in [0.3, 0.4) is 0 Å². The molecule has 0 saturated heterocycles. The van der Waals surface area contributed by atoms with Crippen molar-refractivity contribution in [2.45, 2.75) is 73.7 Å². The number of carboxylic acid groups (broad SMARTS) is 1. The average molecular weight is 487 g/mol. The summed E-state index contributed by atoms with van der Waals surface area (Å²) in [5.41, 5.74) is 2.75. The minimum Gasteiger partial charge on any atom is -0.870 e. The molecule has 0 unspecified atom stereocenters. The van der Waals surface area contributed by atoms with Gasteiger partial charge in [-0.25, -0.2) is 9.59 Å². The molecule has 0 atom stereocenters. The average Bonchev–Trinajstić information content (AvgIpc) is 2.60. The van der Waals surface area contributed by atoms with E-state index in [0.717, 1.165) is 11.1 Å². The van der Waals surface area contributed by atoms with Gasteiger partial charge in [-0.15, -0.1) is 0 Å². The van der Waals surface area contributed by atoms with Crippen LogP contribution in [0, 0.1) is 13.8 Å². The molecule has 2 rings (SSSR count). The fourth-order valence-corrected chi connectivity index (χ4v) is 2.58. The molecule has 0 aliphatic carbocycles. The van der Waals surface area contributed by atoms with Gasteiger partial charge in [-0.05, 0) is 90.8 Å². The van der Waals surface area contributed by atoms with Crippen molar-refractivity contribution in [3.8, 4) is 11.5 Å². The molecule has 0 bridgehead atoms. The number of esters is 1. The van der Waals surface area contributed by atoms with Crippen molar-refractivity contribution in [3.05, 3.63) is 58.7 Å². The van der Waals surface area contributed by atoms with Gasteiger partial charge in [-0.3, -0.25) is 0 Å². The smallest absolute Gasteiger partial charge is 0.870 e. The van der Waals surface area contributed by atoms with Gasteiger partial charge in [-0.1, -0.05) is 12.1 Å². The van der Waals surface area contributed by atoms with Crippen LogP contribution in [0.1, 0.15) is 73.4 Å². The van der Waals surface area contributed by atoms with Gasteiger partial charge in [0.25, 0.3) is 0 Å². The molecule has 0 aromatic heterocycles. The molecule has 0 fully saturated rings. The van der Waals surface area contributed by atoms with Gasteiger partial charge in [0.1, 0.15) is 22.6 Å². The standard InChI is InChI=1S/C14H20O3.C11H14O3.K.H2O/c1-9(2)16-13-8-11(5)6-7-12(13)14(15)17-10(3)4;1-7(2)14-10-6-8(3)4-5-9(10)11(12)13;;/h6-10H,1-5H3;4-7H,1-3H3,(H,12,13);;1H2/q;;+1;/p-1. The van der Waals surface area contributed by atoms with Crippen molar-refractivity contribution in [2.75, 3.05) is 0 Å².